The Bertz CT molecular complexity index is 424. The van der Waals surface area contributed by atoms with E-state index < -0.39 is 0 Å². The molecule has 106 valence electrons. The summed E-state index contributed by atoms with van der Waals surface area (Å²) in [6, 6.07) is 2.29. The van der Waals surface area contributed by atoms with Gasteiger partial charge in [0.05, 0.1) is 6.10 Å². The third-order valence-corrected chi connectivity index (χ3v) is 6.08. The first-order chi connectivity index (χ1) is 9.27. The van der Waals surface area contributed by atoms with Gasteiger partial charge in [-0.05, 0) is 49.1 Å². The monoisotopic (exact) mass is 280 g/mol. The number of nitrogens with zero attached hydrogens (tertiary/aromatic N) is 1. The molecule has 1 saturated carbocycles. The maximum Gasteiger partial charge on any atom is 0.0572 e. The molecule has 0 atom stereocenters. The van der Waals surface area contributed by atoms with Gasteiger partial charge in [-0.1, -0.05) is 0 Å². The van der Waals surface area contributed by atoms with E-state index in [-0.39, 0.29) is 5.54 Å². The quantitative estimate of drug-likeness (QED) is 0.924. The lowest BCUT2D eigenvalue weighted by Gasteiger charge is -2.48. The van der Waals surface area contributed by atoms with Crippen LogP contribution in [-0.2, 0) is 17.7 Å². The fourth-order valence-electron chi connectivity index (χ4n) is 3.67. The van der Waals surface area contributed by atoms with E-state index in [0.29, 0.717) is 6.10 Å². The van der Waals surface area contributed by atoms with E-state index in [1.807, 2.05) is 18.4 Å². The highest BCUT2D eigenvalue weighted by Gasteiger charge is 2.40. The molecule has 0 amide bonds. The third kappa shape index (κ3) is 2.47. The van der Waals surface area contributed by atoms with Gasteiger partial charge in [0.1, 0.15) is 0 Å². The van der Waals surface area contributed by atoms with Crippen LogP contribution in [0, 0.1) is 0 Å². The molecule has 4 heteroatoms. The second-order valence-electron chi connectivity index (χ2n) is 5.90. The Morgan fingerprint density at radius 3 is 2.95 bits per heavy atom. The zero-order chi connectivity index (χ0) is 13.3. The molecule has 0 unspecified atom stereocenters. The molecule has 1 aliphatic carbocycles. The molecular formula is C15H24N2OS. The summed E-state index contributed by atoms with van der Waals surface area (Å²) in [5.41, 5.74) is 7.91. The van der Waals surface area contributed by atoms with E-state index in [1.165, 1.54) is 31.4 Å². The van der Waals surface area contributed by atoms with Gasteiger partial charge >= 0.3 is 0 Å². The Balaban J connectivity index is 1.73. The summed E-state index contributed by atoms with van der Waals surface area (Å²) in [4.78, 5) is 4.22. The highest BCUT2D eigenvalue weighted by atomic mass is 32.1. The zero-order valence-electron chi connectivity index (χ0n) is 11.7. The van der Waals surface area contributed by atoms with Crippen LogP contribution in [0.5, 0.6) is 0 Å². The van der Waals surface area contributed by atoms with E-state index in [1.54, 1.807) is 4.88 Å². The first-order valence-electron chi connectivity index (χ1n) is 7.30. The molecule has 3 rings (SSSR count). The van der Waals surface area contributed by atoms with Gasteiger partial charge in [0.2, 0.25) is 0 Å². The number of nitrogens with two attached hydrogens (primary N) is 1. The second kappa shape index (κ2) is 5.52. The first kappa shape index (κ1) is 13.6. The lowest BCUT2D eigenvalue weighted by atomic mass is 9.78. The topological polar surface area (TPSA) is 38.5 Å². The van der Waals surface area contributed by atoms with E-state index in [2.05, 4.69) is 16.3 Å². The van der Waals surface area contributed by atoms with Crippen molar-refractivity contribution in [1.82, 2.24) is 4.90 Å². The van der Waals surface area contributed by atoms with Crippen LogP contribution < -0.4 is 5.73 Å². The number of methoxy groups -OCH3 is 1. The number of fused-ring (bicyclic) bond motifs is 1. The van der Waals surface area contributed by atoms with Crippen molar-refractivity contribution in [2.75, 3.05) is 20.2 Å². The van der Waals surface area contributed by atoms with Crippen molar-refractivity contribution in [3.05, 3.63) is 21.9 Å². The lowest BCUT2D eigenvalue weighted by molar-refractivity contribution is -0.0126. The summed E-state index contributed by atoms with van der Waals surface area (Å²) in [5, 5.41) is 2.23. The normalized spacial score (nSPS) is 32.2. The van der Waals surface area contributed by atoms with Crippen molar-refractivity contribution in [2.24, 2.45) is 5.73 Å². The number of rotatable bonds is 3. The van der Waals surface area contributed by atoms with Crippen LogP contribution in [-0.4, -0.2) is 36.7 Å². The molecule has 0 bridgehead atoms. The molecule has 0 saturated heterocycles. The minimum atomic E-state index is 0.217. The molecule has 2 heterocycles. The summed E-state index contributed by atoms with van der Waals surface area (Å²) in [6.07, 6.45) is 6.31. The zero-order valence-corrected chi connectivity index (χ0v) is 12.5. The number of ether oxygens (including phenoxy) is 1. The van der Waals surface area contributed by atoms with E-state index in [0.717, 1.165) is 25.9 Å². The van der Waals surface area contributed by atoms with E-state index in [9.17, 15) is 0 Å². The fourth-order valence-corrected chi connectivity index (χ4v) is 4.56. The van der Waals surface area contributed by atoms with Crippen LogP contribution >= 0.6 is 11.3 Å². The number of thiophene rings is 1. The molecule has 19 heavy (non-hydrogen) atoms. The Morgan fingerprint density at radius 2 is 2.26 bits per heavy atom. The van der Waals surface area contributed by atoms with Gasteiger partial charge in [-0.25, -0.2) is 0 Å². The van der Waals surface area contributed by atoms with Gasteiger partial charge in [-0.2, -0.15) is 0 Å². The largest absolute Gasteiger partial charge is 0.381 e. The number of hydrogen-bond acceptors (Lipinski definition) is 4. The van der Waals surface area contributed by atoms with Gasteiger partial charge in [0.25, 0.3) is 0 Å². The second-order valence-corrected chi connectivity index (χ2v) is 6.90. The molecule has 1 fully saturated rings. The average Bonchev–Trinajstić information content (AvgIpc) is 2.94. The molecule has 2 aliphatic rings. The van der Waals surface area contributed by atoms with Crippen LogP contribution in [0.1, 0.15) is 36.1 Å². The number of hydrogen-bond donors (Lipinski definition) is 1. The van der Waals surface area contributed by atoms with Crippen molar-refractivity contribution < 1.29 is 4.74 Å². The fraction of sp³-hybridized carbons (Fsp3) is 0.733. The van der Waals surface area contributed by atoms with Crippen LogP contribution in [0.2, 0.25) is 0 Å². The van der Waals surface area contributed by atoms with Crippen LogP contribution in [0.15, 0.2) is 11.4 Å². The minimum Gasteiger partial charge on any atom is -0.381 e. The summed E-state index contributed by atoms with van der Waals surface area (Å²) >= 11 is 1.91. The molecule has 2 N–H and O–H groups in total. The predicted molar refractivity (Wildman–Crippen MR) is 79.5 cm³/mol. The molecule has 1 aliphatic heterocycles. The molecular weight excluding hydrogens is 256 g/mol. The average molecular weight is 280 g/mol. The Kier molecular flexibility index (Phi) is 3.94. The Hall–Kier alpha value is -0.420. The molecule has 3 nitrogen and oxygen atoms in total. The minimum absolute atomic E-state index is 0.217. The Labute approximate surface area is 119 Å². The van der Waals surface area contributed by atoms with Crippen molar-refractivity contribution in [2.45, 2.75) is 50.3 Å². The van der Waals surface area contributed by atoms with Crippen LogP contribution in [0.3, 0.4) is 0 Å². The lowest BCUT2D eigenvalue weighted by Crippen LogP contribution is -2.57. The maximum absolute atomic E-state index is 6.17. The van der Waals surface area contributed by atoms with Crippen molar-refractivity contribution in [3.63, 3.8) is 0 Å². The van der Waals surface area contributed by atoms with E-state index in [4.69, 9.17) is 10.5 Å². The maximum atomic E-state index is 6.17. The van der Waals surface area contributed by atoms with Crippen molar-refractivity contribution >= 4 is 11.3 Å². The van der Waals surface area contributed by atoms with Crippen molar-refractivity contribution in [3.8, 4) is 0 Å². The molecule has 0 spiro atoms. The molecule has 0 radical (unpaired) electrons. The van der Waals surface area contributed by atoms with Gasteiger partial charge in [-0.15, -0.1) is 11.3 Å². The van der Waals surface area contributed by atoms with E-state index >= 15 is 0 Å². The smallest absolute Gasteiger partial charge is 0.0572 e. The highest BCUT2D eigenvalue weighted by Crippen LogP contribution is 2.37. The van der Waals surface area contributed by atoms with Gasteiger partial charge in [0.15, 0.2) is 0 Å². The molecule has 1 aromatic rings. The first-order valence-corrected chi connectivity index (χ1v) is 8.18. The summed E-state index contributed by atoms with van der Waals surface area (Å²) < 4.78 is 5.50. The SMILES string of the molecule is COC1CCC(CN)(N2CCc3sccc3C2)CC1. The molecule has 0 aromatic carbocycles. The summed E-state index contributed by atoms with van der Waals surface area (Å²) in [6.45, 7) is 3.04. The van der Waals surface area contributed by atoms with Gasteiger partial charge < -0.3 is 10.5 Å². The van der Waals surface area contributed by atoms with Crippen LogP contribution in [0.4, 0.5) is 0 Å². The predicted octanol–water partition coefficient (Wildman–Crippen LogP) is 2.39. The Morgan fingerprint density at radius 1 is 1.47 bits per heavy atom. The third-order valence-electron chi connectivity index (χ3n) is 5.06. The van der Waals surface area contributed by atoms with Gasteiger partial charge in [-0.3, -0.25) is 4.90 Å². The standard InChI is InChI=1S/C15H24N2OS/c1-18-13-2-6-15(11-16,7-3-13)17-8-4-14-12(10-17)5-9-19-14/h5,9,13H,2-4,6-8,10-11,16H2,1H3. The van der Waals surface area contributed by atoms with Gasteiger partial charge in [0, 0.05) is 37.2 Å². The summed E-state index contributed by atoms with van der Waals surface area (Å²) in [7, 11) is 1.83. The van der Waals surface area contributed by atoms with Crippen molar-refractivity contribution in [1.29, 1.82) is 0 Å². The summed E-state index contributed by atoms with van der Waals surface area (Å²) in [5.74, 6) is 0. The molecule has 1 aromatic heterocycles. The van der Waals surface area contributed by atoms with Crippen LogP contribution in [0.25, 0.3) is 0 Å². The highest BCUT2D eigenvalue weighted by molar-refractivity contribution is 7.10.